The Bertz CT molecular complexity index is 82.6. The van der Waals surface area contributed by atoms with Gasteiger partial charge in [-0.25, -0.2) is 0 Å². The Hall–Kier alpha value is -0.850. The highest BCUT2D eigenvalue weighted by atomic mass is 35.5. The van der Waals surface area contributed by atoms with E-state index in [4.69, 9.17) is 19.8 Å². The van der Waals surface area contributed by atoms with Gasteiger partial charge in [-0.05, 0) is 0 Å². The summed E-state index contributed by atoms with van der Waals surface area (Å²) in [5.41, 5.74) is 0. The molecule has 0 saturated carbocycles. The fourth-order valence-electron chi connectivity index (χ4n) is 0. The summed E-state index contributed by atoms with van der Waals surface area (Å²) < 4.78 is 0. The van der Waals surface area contributed by atoms with Gasteiger partial charge in [-0.15, -0.1) is 12.4 Å². The monoisotopic (exact) mass is 160 g/mol. The van der Waals surface area contributed by atoms with Crippen LogP contribution in [0.15, 0.2) is 0 Å². The van der Waals surface area contributed by atoms with Gasteiger partial charge >= 0.3 is 0 Å². The van der Waals surface area contributed by atoms with Crippen LogP contribution in [0.3, 0.4) is 0 Å². The van der Waals surface area contributed by atoms with Crippen LogP contribution in [0.5, 0.6) is 0 Å². The third kappa shape index (κ3) is 19.1. The lowest BCUT2D eigenvalue weighted by molar-refractivity contribution is -0.345. The molecule has 0 aliphatic rings. The first-order valence-corrected chi connectivity index (χ1v) is 1.07. The number of quaternary nitrogens is 2. The molecule has 8 N–H and O–H groups in total. The molecule has 0 bridgehead atoms. The lowest BCUT2D eigenvalue weighted by atomic mass is 10.7. The van der Waals surface area contributed by atoms with Crippen LogP contribution in [0.4, 0.5) is 0 Å². The van der Waals surface area contributed by atoms with E-state index in [1.165, 1.54) is 0 Å². The number of carbonyl (C=O) groups is 2. The number of carboxylic acids is 2. The van der Waals surface area contributed by atoms with Crippen molar-refractivity contribution in [1.82, 2.24) is 12.3 Å². The minimum atomic E-state index is -2.19. The second-order valence-corrected chi connectivity index (χ2v) is 0.575. The molecule has 0 aromatic carbocycles. The summed E-state index contributed by atoms with van der Waals surface area (Å²) >= 11 is 0. The number of rotatable bonds is 0. The normalized spacial score (nSPS) is 4.89. The Balaban J connectivity index is -0.0000000417. The second-order valence-electron chi connectivity index (χ2n) is 0.575. The van der Waals surface area contributed by atoms with Gasteiger partial charge in [0, 0.05) is 0 Å². The molecule has 0 aliphatic carbocycles. The van der Waals surface area contributed by atoms with Crippen molar-refractivity contribution in [2.75, 3.05) is 0 Å². The molecule has 0 unspecified atom stereocenters. The molecule has 0 aromatic heterocycles. The highest BCUT2D eigenvalue weighted by Gasteiger charge is 1.74. The summed E-state index contributed by atoms with van der Waals surface area (Å²) in [6, 6.07) is 0. The summed E-state index contributed by atoms with van der Waals surface area (Å²) in [5.74, 6) is -4.37. The predicted octanol–water partition coefficient (Wildman–Crippen LogP) is -2.34. The Morgan fingerprint density at radius 3 is 1.00 bits per heavy atom. The first-order chi connectivity index (χ1) is 2.64. The van der Waals surface area contributed by atoms with Crippen molar-refractivity contribution in [2.45, 2.75) is 0 Å². The third-order valence-corrected chi connectivity index (χ3v) is 0.167. The minimum absolute atomic E-state index is 0. The largest absolute Gasteiger partial charge is 0.543 e. The van der Waals surface area contributed by atoms with E-state index in [2.05, 4.69) is 0 Å². The number of hydrogen-bond donors (Lipinski definition) is 2. The van der Waals surface area contributed by atoms with Crippen LogP contribution >= 0.6 is 12.4 Å². The van der Waals surface area contributed by atoms with Crippen LogP contribution in [-0.2, 0) is 9.59 Å². The van der Waals surface area contributed by atoms with Gasteiger partial charge in [-0.1, -0.05) is 0 Å². The predicted molar refractivity (Wildman–Crippen MR) is 29.2 cm³/mol. The van der Waals surface area contributed by atoms with Crippen molar-refractivity contribution >= 4 is 24.3 Å². The zero-order chi connectivity index (χ0) is 5.15. The van der Waals surface area contributed by atoms with Gasteiger partial charge < -0.3 is 32.1 Å². The van der Waals surface area contributed by atoms with Crippen LogP contribution in [0.1, 0.15) is 0 Å². The van der Waals surface area contributed by atoms with Gasteiger partial charge in [0.2, 0.25) is 0 Å². The fraction of sp³-hybridized carbons (Fsp3) is 0. The molecule has 0 radical (unpaired) electrons. The number of halogens is 1. The molecule has 0 amide bonds. The molecule has 0 rings (SSSR count). The summed E-state index contributed by atoms with van der Waals surface area (Å²) in [5, 5.41) is 17.9. The Kier molecular flexibility index (Phi) is 27.4. The zero-order valence-electron chi connectivity index (χ0n) is 5.04. The molecule has 0 atom stereocenters. The van der Waals surface area contributed by atoms with Gasteiger partial charge in [0.1, 0.15) is 0 Å². The maximum Gasteiger partial charge on any atom is 0.0870 e. The van der Waals surface area contributed by atoms with Crippen molar-refractivity contribution in [3.63, 3.8) is 0 Å². The molecule has 58 valence electrons. The SMILES string of the molecule is Cl.O=C([O-])C(=O)[O-].[NH4+].[NH4+]. The summed E-state index contributed by atoms with van der Waals surface area (Å²) in [4.78, 5) is 17.9. The highest BCUT2D eigenvalue weighted by Crippen LogP contribution is 1.41. The highest BCUT2D eigenvalue weighted by molar-refractivity contribution is 6.25. The summed E-state index contributed by atoms with van der Waals surface area (Å²) in [6.45, 7) is 0. The average molecular weight is 161 g/mol. The molecule has 0 heterocycles. The Labute approximate surface area is 57.4 Å². The first kappa shape index (κ1) is 24.2. The molecule has 0 aromatic rings. The Morgan fingerprint density at radius 1 is 0.889 bits per heavy atom. The molecular formula is C2H9ClN2O4. The number of carbonyl (C=O) groups excluding carboxylic acids is 2. The topological polar surface area (TPSA) is 153 Å². The minimum Gasteiger partial charge on any atom is -0.543 e. The number of aliphatic carboxylic acids is 2. The second kappa shape index (κ2) is 10.2. The zero-order valence-corrected chi connectivity index (χ0v) is 5.86. The standard InChI is InChI=1S/C2H2O4.ClH.2H3N/c3-1(4)2(5)6;;;/h(H,3,4)(H,5,6);1H;2*1H3. The van der Waals surface area contributed by atoms with E-state index in [-0.39, 0.29) is 24.7 Å². The first-order valence-electron chi connectivity index (χ1n) is 1.07. The Morgan fingerprint density at radius 2 is 1.00 bits per heavy atom. The molecule has 0 spiro atoms. The molecule has 0 saturated heterocycles. The van der Waals surface area contributed by atoms with Gasteiger partial charge in [0.05, 0.1) is 11.9 Å². The molecular weight excluding hydrogens is 151 g/mol. The van der Waals surface area contributed by atoms with E-state index in [0.29, 0.717) is 0 Å². The fourth-order valence-corrected chi connectivity index (χ4v) is 0. The molecule has 9 heavy (non-hydrogen) atoms. The maximum absolute atomic E-state index is 8.93. The van der Waals surface area contributed by atoms with Gasteiger partial charge in [-0.2, -0.15) is 0 Å². The summed E-state index contributed by atoms with van der Waals surface area (Å²) in [6.07, 6.45) is 0. The van der Waals surface area contributed by atoms with Crippen molar-refractivity contribution in [1.29, 1.82) is 0 Å². The smallest absolute Gasteiger partial charge is 0.0870 e. The lowest BCUT2D eigenvalue weighted by Crippen LogP contribution is -2.42. The van der Waals surface area contributed by atoms with Crippen molar-refractivity contribution in [2.24, 2.45) is 0 Å². The van der Waals surface area contributed by atoms with Crippen LogP contribution in [-0.4, -0.2) is 11.9 Å². The lowest BCUT2D eigenvalue weighted by Gasteiger charge is -1.97. The van der Waals surface area contributed by atoms with E-state index >= 15 is 0 Å². The van der Waals surface area contributed by atoms with E-state index in [1.807, 2.05) is 0 Å². The molecule has 6 nitrogen and oxygen atoms in total. The number of hydrogen-bond acceptors (Lipinski definition) is 4. The van der Waals surface area contributed by atoms with Gasteiger partial charge in [-0.3, -0.25) is 0 Å². The van der Waals surface area contributed by atoms with Gasteiger partial charge in [0.25, 0.3) is 0 Å². The van der Waals surface area contributed by atoms with Crippen molar-refractivity contribution in [3.05, 3.63) is 0 Å². The van der Waals surface area contributed by atoms with Crippen LogP contribution in [0.25, 0.3) is 0 Å². The molecule has 7 heteroatoms. The van der Waals surface area contributed by atoms with E-state index in [0.717, 1.165) is 0 Å². The van der Waals surface area contributed by atoms with Crippen LogP contribution in [0, 0.1) is 0 Å². The average Bonchev–Trinajstić information content (AvgIpc) is 1.36. The molecule has 0 fully saturated rings. The van der Waals surface area contributed by atoms with E-state index < -0.39 is 11.9 Å². The van der Waals surface area contributed by atoms with E-state index in [9.17, 15) is 0 Å². The van der Waals surface area contributed by atoms with Crippen LogP contribution in [0.2, 0.25) is 0 Å². The van der Waals surface area contributed by atoms with Crippen molar-refractivity contribution in [3.8, 4) is 0 Å². The van der Waals surface area contributed by atoms with Crippen molar-refractivity contribution < 1.29 is 19.8 Å². The third-order valence-electron chi connectivity index (χ3n) is 0.167. The van der Waals surface area contributed by atoms with E-state index in [1.54, 1.807) is 0 Å². The summed E-state index contributed by atoms with van der Waals surface area (Å²) in [7, 11) is 0. The maximum atomic E-state index is 8.93. The number of carboxylic acid groups (broad SMARTS) is 2. The molecule has 0 aliphatic heterocycles. The van der Waals surface area contributed by atoms with Crippen LogP contribution < -0.4 is 22.5 Å². The van der Waals surface area contributed by atoms with Gasteiger partial charge in [0.15, 0.2) is 0 Å². The quantitative estimate of drug-likeness (QED) is 0.381.